The number of aliphatic hydroxyl groups excluding tert-OH is 1. The molecule has 0 amide bonds. The lowest BCUT2D eigenvalue weighted by atomic mass is 9.43. The smallest absolute Gasteiger partial charge is 0.0594 e. The lowest BCUT2D eigenvalue weighted by molar-refractivity contribution is -0.0962. The van der Waals surface area contributed by atoms with E-state index in [1.165, 1.54) is 63.4 Å². The first-order chi connectivity index (χ1) is 14.4. The first kappa shape index (κ1) is 23.6. The summed E-state index contributed by atoms with van der Waals surface area (Å²) in [5, 5.41) is 10.8. The fraction of sp³-hybridized carbons (Fsp3) is 0.867. The largest absolute Gasteiger partial charge is 0.393 e. The molecule has 2 saturated carbocycles. The van der Waals surface area contributed by atoms with Gasteiger partial charge in [-0.15, -0.1) is 0 Å². The van der Waals surface area contributed by atoms with Gasteiger partial charge in [0, 0.05) is 0 Å². The summed E-state index contributed by atoms with van der Waals surface area (Å²) in [7, 11) is 0. The van der Waals surface area contributed by atoms with Crippen molar-refractivity contribution < 1.29 is 5.11 Å². The Kier molecular flexibility index (Phi) is 5.90. The monoisotopic (exact) mass is 426 g/mol. The summed E-state index contributed by atoms with van der Waals surface area (Å²) in [6, 6.07) is 0. The molecule has 1 N–H and O–H groups in total. The Bertz CT molecular complexity index is 767. The predicted octanol–water partition coefficient (Wildman–Crippen LogP) is 8.48. The Hall–Kier alpha value is -0.560. The van der Waals surface area contributed by atoms with E-state index >= 15 is 0 Å². The Labute approximate surface area is 193 Å². The second-order valence-electron chi connectivity index (χ2n) is 13.6. The summed E-state index contributed by atoms with van der Waals surface area (Å²) < 4.78 is 0. The SMILES string of the molecule is CC(C)=CCCC(C)[C@@H]1CCC2(C)C3=C(CC[C@@]12C)C1(C)CCC(O)C(C)(C)C1CC3. The van der Waals surface area contributed by atoms with Crippen molar-refractivity contribution in [1.82, 2.24) is 0 Å². The average Bonchev–Trinajstić information content (AvgIpc) is 2.96. The molecule has 2 fully saturated rings. The normalized spacial score (nSPS) is 44.9. The van der Waals surface area contributed by atoms with Crippen molar-refractivity contribution in [2.75, 3.05) is 0 Å². The van der Waals surface area contributed by atoms with Crippen LogP contribution in [0.15, 0.2) is 22.8 Å². The summed E-state index contributed by atoms with van der Waals surface area (Å²) in [6.45, 7) is 19.6. The molecule has 0 radical (unpaired) electrons. The van der Waals surface area contributed by atoms with Gasteiger partial charge in [-0.1, -0.05) is 64.3 Å². The molecule has 5 unspecified atom stereocenters. The van der Waals surface area contributed by atoms with Gasteiger partial charge in [-0.3, -0.25) is 0 Å². The number of rotatable bonds is 4. The molecule has 0 saturated heterocycles. The van der Waals surface area contributed by atoms with Crippen LogP contribution in [0.1, 0.15) is 120 Å². The van der Waals surface area contributed by atoms with Crippen LogP contribution in [-0.4, -0.2) is 11.2 Å². The van der Waals surface area contributed by atoms with Crippen LogP contribution in [0, 0.1) is 39.4 Å². The van der Waals surface area contributed by atoms with Crippen LogP contribution < -0.4 is 0 Å². The van der Waals surface area contributed by atoms with Crippen molar-refractivity contribution in [1.29, 1.82) is 0 Å². The standard InChI is InChI=1S/C30H50O/c1-20(2)10-9-11-21(3)22-14-18-30(8)24-12-13-25-27(4,5)26(31)16-17-28(25,6)23(24)15-19-29(22,30)7/h10,21-22,25-26,31H,9,11-19H2,1-8H3/t21?,22-,25?,26?,28?,29-,30?/m0/s1. The van der Waals surface area contributed by atoms with Gasteiger partial charge in [-0.05, 0) is 117 Å². The molecule has 0 spiro atoms. The highest BCUT2D eigenvalue weighted by molar-refractivity contribution is 5.38. The van der Waals surface area contributed by atoms with Crippen molar-refractivity contribution >= 4 is 0 Å². The molecule has 176 valence electrons. The first-order valence-corrected chi connectivity index (χ1v) is 13.4. The number of hydrogen-bond donors (Lipinski definition) is 1. The van der Waals surface area contributed by atoms with Gasteiger partial charge in [-0.2, -0.15) is 0 Å². The number of hydrogen-bond acceptors (Lipinski definition) is 1. The molecule has 4 aliphatic rings. The summed E-state index contributed by atoms with van der Waals surface area (Å²) in [5.74, 6) is 2.32. The van der Waals surface area contributed by atoms with E-state index in [0.717, 1.165) is 18.3 Å². The first-order valence-electron chi connectivity index (χ1n) is 13.4. The van der Waals surface area contributed by atoms with E-state index in [1.807, 2.05) is 11.1 Å². The highest BCUT2D eigenvalue weighted by Crippen LogP contribution is 2.72. The Morgan fingerprint density at radius 2 is 1.68 bits per heavy atom. The molecule has 4 aliphatic carbocycles. The lowest BCUT2D eigenvalue weighted by Crippen LogP contribution is -2.55. The van der Waals surface area contributed by atoms with Crippen LogP contribution in [0.2, 0.25) is 0 Å². The van der Waals surface area contributed by atoms with E-state index in [1.54, 1.807) is 0 Å². The van der Waals surface area contributed by atoms with Gasteiger partial charge in [0.05, 0.1) is 6.10 Å². The molecule has 0 aromatic rings. The van der Waals surface area contributed by atoms with Crippen molar-refractivity contribution in [2.45, 2.75) is 126 Å². The molecule has 0 aromatic carbocycles. The zero-order valence-electron chi connectivity index (χ0n) is 21.9. The molecule has 31 heavy (non-hydrogen) atoms. The number of fused-ring (bicyclic) bond motifs is 4. The zero-order chi connectivity index (χ0) is 22.8. The van der Waals surface area contributed by atoms with Crippen LogP contribution in [0.4, 0.5) is 0 Å². The van der Waals surface area contributed by atoms with Crippen LogP contribution in [0.5, 0.6) is 0 Å². The number of allylic oxidation sites excluding steroid dienone is 4. The van der Waals surface area contributed by atoms with Crippen LogP contribution in [0.3, 0.4) is 0 Å². The molecule has 1 heteroatoms. The van der Waals surface area contributed by atoms with Crippen LogP contribution >= 0.6 is 0 Å². The molecule has 4 rings (SSSR count). The van der Waals surface area contributed by atoms with Crippen molar-refractivity contribution in [3.8, 4) is 0 Å². The predicted molar refractivity (Wildman–Crippen MR) is 133 cm³/mol. The van der Waals surface area contributed by atoms with Gasteiger partial charge in [-0.25, -0.2) is 0 Å². The third-order valence-corrected chi connectivity index (χ3v) is 11.7. The van der Waals surface area contributed by atoms with E-state index in [2.05, 4.69) is 61.5 Å². The average molecular weight is 427 g/mol. The minimum atomic E-state index is -0.130. The van der Waals surface area contributed by atoms with Gasteiger partial charge in [0.1, 0.15) is 0 Å². The van der Waals surface area contributed by atoms with Gasteiger partial charge in [0.15, 0.2) is 0 Å². The van der Waals surface area contributed by atoms with Gasteiger partial charge >= 0.3 is 0 Å². The molecular formula is C30H50O. The molecule has 7 atom stereocenters. The topological polar surface area (TPSA) is 20.2 Å². The number of aliphatic hydroxyl groups is 1. The molecule has 0 aliphatic heterocycles. The lowest BCUT2D eigenvalue weighted by Gasteiger charge is -2.62. The van der Waals surface area contributed by atoms with Gasteiger partial charge < -0.3 is 5.11 Å². The van der Waals surface area contributed by atoms with Crippen molar-refractivity contribution in [3.63, 3.8) is 0 Å². The van der Waals surface area contributed by atoms with E-state index in [0.29, 0.717) is 22.2 Å². The highest BCUT2D eigenvalue weighted by Gasteiger charge is 2.63. The summed E-state index contributed by atoms with van der Waals surface area (Å²) >= 11 is 0. The molecule has 0 heterocycles. The Morgan fingerprint density at radius 1 is 0.968 bits per heavy atom. The summed E-state index contributed by atoms with van der Waals surface area (Å²) in [4.78, 5) is 0. The Balaban J connectivity index is 1.65. The van der Waals surface area contributed by atoms with E-state index in [4.69, 9.17) is 0 Å². The molecular weight excluding hydrogens is 376 g/mol. The van der Waals surface area contributed by atoms with Crippen molar-refractivity contribution in [3.05, 3.63) is 22.8 Å². The fourth-order valence-corrected chi connectivity index (χ4v) is 9.47. The second-order valence-corrected chi connectivity index (χ2v) is 13.6. The maximum atomic E-state index is 10.8. The maximum absolute atomic E-state index is 10.8. The Morgan fingerprint density at radius 3 is 2.35 bits per heavy atom. The van der Waals surface area contributed by atoms with Crippen LogP contribution in [-0.2, 0) is 0 Å². The van der Waals surface area contributed by atoms with E-state index in [-0.39, 0.29) is 11.5 Å². The molecule has 0 aromatic heterocycles. The van der Waals surface area contributed by atoms with E-state index < -0.39 is 0 Å². The van der Waals surface area contributed by atoms with Crippen molar-refractivity contribution in [2.24, 2.45) is 39.4 Å². The van der Waals surface area contributed by atoms with Gasteiger partial charge in [0.25, 0.3) is 0 Å². The maximum Gasteiger partial charge on any atom is 0.0594 e. The minimum absolute atomic E-state index is 0.0465. The quantitative estimate of drug-likeness (QED) is 0.447. The van der Waals surface area contributed by atoms with E-state index in [9.17, 15) is 5.11 Å². The second kappa shape index (κ2) is 7.75. The highest BCUT2D eigenvalue weighted by atomic mass is 16.3. The molecule has 1 nitrogen and oxygen atoms in total. The van der Waals surface area contributed by atoms with Gasteiger partial charge in [0.2, 0.25) is 0 Å². The fourth-order valence-electron chi connectivity index (χ4n) is 9.47. The summed E-state index contributed by atoms with van der Waals surface area (Å²) in [6.07, 6.45) is 15.2. The summed E-state index contributed by atoms with van der Waals surface area (Å²) in [5.41, 5.74) is 6.41. The third kappa shape index (κ3) is 3.34. The minimum Gasteiger partial charge on any atom is -0.393 e. The zero-order valence-corrected chi connectivity index (χ0v) is 21.9. The third-order valence-electron chi connectivity index (χ3n) is 11.7. The molecule has 0 bridgehead atoms. The van der Waals surface area contributed by atoms with Crippen LogP contribution in [0.25, 0.3) is 0 Å².